The summed E-state index contributed by atoms with van der Waals surface area (Å²) in [6.45, 7) is 1.90. The van der Waals surface area contributed by atoms with Crippen LogP contribution in [0, 0.1) is 0 Å². The first-order chi connectivity index (χ1) is 6.53. The Bertz CT molecular complexity index is 261. The van der Waals surface area contributed by atoms with Crippen LogP contribution in [0.5, 0.6) is 0 Å². The second-order valence-corrected chi connectivity index (χ2v) is 5.95. The summed E-state index contributed by atoms with van der Waals surface area (Å²) in [5.74, 6) is 0.169. The summed E-state index contributed by atoms with van der Waals surface area (Å²) in [4.78, 5) is 2.20. The highest BCUT2D eigenvalue weighted by atomic mass is 35.5. The minimum Gasteiger partial charge on any atom is -0.306 e. The number of hydrogen-bond donors (Lipinski definition) is 1. The molecule has 6 heteroatoms. The summed E-state index contributed by atoms with van der Waals surface area (Å²) < 4.78 is 25.4. The van der Waals surface area contributed by atoms with Crippen molar-refractivity contribution in [2.75, 3.05) is 31.8 Å². The molecule has 0 saturated carbocycles. The van der Waals surface area contributed by atoms with Gasteiger partial charge in [0.25, 0.3) is 0 Å². The summed E-state index contributed by atoms with van der Waals surface area (Å²) in [5, 5.41) is 0. The van der Waals surface area contributed by atoms with Gasteiger partial charge < -0.3 is 4.90 Å². The van der Waals surface area contributed by atoms with E-state index >= 15 is 0 Å². The van der Waals surface area contributed by atoms with Crippen molar-refractivity contribution in [3.63, 3.8) is 0 Å². The van der Waals surface area contributed by atoms with E-state index in [0.717, 1.165) is 25.9 Å². The van der Waals surface area contributed by atoms with Crippen molar-refractivity contribution in [3.8, 4) is 0 Å². The van der Waals surface area contributed by atoms with Crippen LogP contribution in [-0.4, -0.2) is 51.1 Å². The number of alkyl halides is 1. The lowest BCUT2D eigenvalue weighted by atomic mass is 10.1. The molecule has 4 nitrogen and oxygen atoms in total. The van der Waals surface area contributed by atoms with Crippen molar-refractivity contribution in [2.45, 2.75) is 18.9 Å². The molecule has 1 heterocycles. The number of nitrogens with one attached hydrogen (secondary N) is 1. The summed E-state index contributed by atoms with van der Waals surface area (Å²) in [7, 11) is -1.10. The summed E-state index contributed by atoms with van der Waals surface area (Å²) >= 11 is 5.40. The molecule has 0 aromatic heterocycles. The zero-order chi connectivity index (χ0) is 10.6. The average Bonchev–Trinajstić information content (AvgIpc) is 2.08. The highest BCUT2D eigenvalue weighted by Crippen LogP contribution is 2.09. The van der Waals surface area contributed by atoms with Crippen LogP contribution in [0.2, 0.25) is 0 Å². The number of nitrogens with zero attached hydrogens (tertiary/aromatic N) is 1. The first kappa shape index (κ1) is 12.2. The van der Waals surface area contributed by atoms with Crippen LogP contribution in [0.1, 0.15) is 12.8 Å². The predicted molar refractivity (Wildman–Crippen MR) is 58.2 cm³/mol. The fraction of sp³-hybridized carbons (Fsp3) is 1.00. The maximum absolute atomic E-state index is 11.4. The standard InChI is InChI=1S/C8H17ClN2O2S/c1-11-5-2-8(3-6-11)10-14(12,13)7-4-9/h8,10H,2-7H2,1H3. The fourth-order valence-electron chi connectivity index (χ4n) is 1.54. The largest absolute Gasteiger partial charge is 0.306 e. The monoisotopic (exact) mass is 240 g/mol. The summed E-state index contributed by atoms with van der Waals surface area (Å²) in [5.41, 5.74) is 0. The molecule has 84 valence electrons. The highest BCUT2D eigenvalue weighted by Gasteiger charge is 2.21. The van der Waals surface area contributed by atoms with E-state index in [-0.39, 0.29) is 17.7 Å². The summed E-state index contributed by atoms with van der Waals surface area (Å²) in [6, 6.07) is 0.0967. The quantitative estimate of drug-likeness (QED) is 0.717. The van der Waals surface area contributed by atoms with E-state index in [4.69, 9.17) is 11.6 Å². The van der Waals surface area contributed by atoms with Gasteiger partial charge in [-0.3, -0.25) is 0 Å². The van der Waals surface area contributed by atoms with Gasteiger partial charge >= 0.3 is 0 Å². The van der Waals surface area contributed by atoms with Gasteiger partial charge in [0.15, 0.2) is 0 Å². The van der Waals surface area contributed by atoms with E-state index in [0.29, 0.717) is 0 Å². The van der Waals surface area contributed by atoms with Crippen molar-refractivity contribution >= 4 is 21.6 Å². The van der Waals surface area contributed by atoms with E-state index in [2.05, 4.69) is 9.62 Å². The van der Waals surface area contributed by atoms with Crippen LogP contribution in [0.4, 0.5) is 0 Å². The molecule has 1 aliphatic heterocycles. The van der Waals surface area contributed by atoms with Gasteiger partial charge in [0.2, 0.25) is 10.0 Å². The lowest BCUT2D eigenvalue weighted by Crippen LogP contribution is -2.44. The first-order valence-electron chi connectivity index (χ1n) is 4.78. The number of rotatable bonds is 4. The van der Waals surface area contributed by atoms with Gasteiger partial charge in [0, 0.05) is 11.9 Å². The molecule has 0 spiro atoms. The van der Waals surface area contributed by atoms with Crippen molar-refractivity contribution in [2.24, 2.45) is 0 Å². The third kappa shape index (κ3) is 4.13. The predicted octanol–water partition coefficient (Wildman–Crippen LogP) is 0.239. The Balaban J connectivity index is 2.37. The molecule has 0 aliphatic carbocycles. The van der Waals surface area contributed by atoms with Crippen molar-refractivity contribution < 1.29 is 8.42 Å². The molecule has 0 aromatic carbocycles. The molecule has 1 rings (SSSR count). The van der Waals surface area contributed by atoms with E-state index < -0.39 is 10.0 Å². The molecule has 0 bridgehead atoms. The van der Waals surface area contributed by atoms with Gasteiger partial charge in [0.05, 0.1) is 5.75 Å². The van der Waals surface area contributed by atoms with Crippen LogP contribution in [0.3, 0.4) is 0 Å². The Kier molecular flexibility index (Phi) is 4.63. The number of hydrogen-bond acceptors (Lipinski definition) is 3. The van der Waals surface area contributed by atoms with E-state index in [1.54, 1.807) is 0 Å². The lowest BCUT2D eigenvalue weighted by molar-refractivity contribution is 0.248. The molecule has 0 unspecified atom stereocenters. The van der Waals surface area contributed by atoms with E-state index in [9.17, 15) is 8.42 Å². The van der Waals surface area contributed by atoms with Crippen LogP contribution in [0.25, 0.3) is 0 Å². The Hall–Kier alpha value is 0.160. The number of piperidine rings is 1. The zero-order valence-electron chi connectivity index (χ0n) is 8.37. The second kappa shape index (κ2) is 5.30. The molecule has 0 radical (unpaired) electrons. The number of likely N-dealkylation sites (tertiary alicyclic amines) is 1. The minimum atomic E-state index is -3.15. The summed E-state index contributed by atoms with van der Waals surface area (Å²) in [6.07, 6.45) is 1.77. The number of halogens is 1. The maximum atomic E-state index is 11.4. The molecule has 14 heavy (non-hydrogen) atoms. The first-order valence-corrected chi connectivity index (χ1v) is 6.97. The molecular formula is C8H17ClN2O2S. The molecule has 0 amide bonds. The third-order valence-electron chi connectivity index (χ3n) is 2.41. The van der Waals surface area contributed by atoms with Gasteiger partial charge in [0.1, 0.15) is 0 Å². The van der Waals surface area contributed by atoms with Crippen LogP contribution in [0.15, 0.2) is 0 Å². The molecule has 0 atom stereocenters. The third-order valence-corrected chi connectivity index (χ3v) is 4.26. The van der Waals surface area contributed by atoms with Crippen LogP contribution >= 0.6 is 11.6 Å². The van der Waals surface area contributed by atoms with Gasteiger partial charge in [-0.05, 0) is 33.0 Å². The van der Waals surface area contributed by atoms with Gasteiger partial charge in [-0.1, -0.05) is 0 Å². The topological polar surface area (TPSA) is 49.4 Å². The van der Waals surface area contributed by atoms with Gasteiger partial charge in [-0.2, -0.15) is 0 Å². The number of sulfonamides is 1. The van der Waals surface area contributed by atoms with Crippen molar-refractivity contribution in [1.29, 1.82) is 0 Å². The normalized spacial score (nSPS) is 21.3. The molecule has 1 N–H and O–H groups in total. The SMILES string of the molecule is CN1CCC(NS(=O)(=O)CCCl)CC1. The van der Waals surface area contributed by atoms with E-state index in [1.807, 2.05) is 7.05 Å². The minimum absolute atomic E-state index is 0.0148. The lowest BCUT2D eigenvalue weighted by Gasteiger charge is -2.29. The van der Waals surface area contributed by atoms with Crippen molar-refractivity contribution in [1.82, 2.24) is 9.62 Å². The Morgan fingerprint density at radius 1 is 1.43 bits per heavy atom. The smallest absolute Gasteiger partial charge is 0.213 e. The molecule has 0 aromatic rings. The maximum Gasteiger partial charge on any atom is 0.213 e. The average molecular weight is 241 g/mol. The van der Waals surface area contributed by atoms with E-state index in [1.165, 1.54) is 0 Å². The van der Waals surface area contributed by atoms with Gasteiger partial charge in [-0.15, -0.1) is 11.6 Å². The Labute approximate surface area is 90.7 Å². The molecule has 1 aliphatic rings. The zero-order valence-corrected chi connectivity index (χ0v) is 9.94. The Morgan fingerprint density at radius 3 is 2.50 bits per heavy atom. The molecular weight excluding hydrogens is 224 g/mol. The van der Waals surface area contributed by atoms with Crippen LogP contribution < -0.4 is 4.72 Å². The van der Waals surface area contributed by atoms with Crippen molar-refractivity contribution in [3.05, 3.63) is 0 Å². The Morgan fingerprint density at radius 2 is 2.00 bits per heavy atom. The fourth-order valence-corrected chi connectivity index (χ4v) is 3.21. The van der Waals surface area contributed by atoms with Crippen LogP contribution in [-0.2, 0) is 10.0 Å². The molecule has 1 fully saturated rings. The highest BCUT2D eigenvalue weighted by molar-refractivity contribution is 7.89. The van der Waals surface area contributed by atoms with Gasteiger partial charge in [-0.25, -0.2) is 13.1 Å². The second-order valence-electron chi connectivity index (χ2n) is 3.70. The molecule has 1 saturated heterocycles.